The first kappa shape index (κ1) is 15.9. The monoisotopic (exact) mass is 339 g/mol. The molecule has 0 spiro atoms. The van der Waals surface area contributed by atoms with E-state index in [4.69, 9.17) is 4.42 Å². The second-order valence-corrected chi connectivity index (χ2v) is 6.90. The van der Waals surface area contributed by atoms with Gasteiger partial charge >= 0.3 is 0 Å². The van der Waals surface area contributed by atoms with Crippen molar-refractivity contribution in [1.29, 1.82) is 0 Å². The number of aromatic nitrogens is 2. The van der Waals surface area contributed by atoms with Crippen molar-refractivity contribution in [3.05, 3.63) is 54.3 Å². The Morgan fingerprint density at radius 2 is 2.28 bits per heavy atom. The largest absolute Gasteiger partial charge is 0.451 e. The van der Waals surface area contributed by atoms with Crippen LogP contribution in [-0.2, 0) is 6.54 Å². The molecule has 4 rings (SSSR count). The van der Waals surface area contributed by atoms with Crippen LogP contribution in [0.4, 0.5) is 0 Å². The molecule has 0 bridgehead atoms. The Balaban J connectivity index is 1.42. The number of aryl methyl sites for hydroxylation is 1. The summed E-state index contributed by atoms with van der Waals surface area (Å²) in [6.07, 6.45) is 6.30. The van der Waals surface area contributed by atoms with Crippen molar-refractivity contribution in [2.75, 3.05) is 0 Å². The molecule has 6 heteroatoms. The minimum absolute atomic E-state index is 0.254. The van der Waals surface area contributed by atoms with E-state index in [1.165, 1.54) is 0 Å². The minimum Gasteiger partial charge on any atom is -0.451 e. The van der Waals surface area contributed by atoms with E-state index >= 15 is 0 Å². The molecular weight excluding hydrogens is 318 g/mol. The number of benzene rings is 1. The summed E-state index contributed by atoms with van der Waals surface area (Å²) in [5.41, 5.74) is 1.81. The number of furan rings is 1. The fraction of sp³-hybridized carbons (Fsp3) is 0.368. The van der Waals surface area contributed by atoms with Gasteiger partial charge in [0, 0.05) is 24.3 Å². The molecule has 1 saturated carbocycles. The van der Waals surface area contributed by atoms with E-state index in [2.05, 4.69) is 10.3 Å². The molecule has 0 aliphatic heterocycles. The van der Waals surface area contributed by atoms with Crippen molar-refractivity contribution >= 4 is 16.9 Å². The van der Waals surface area contributed by atoms with E-state index < -0.39 is 6.10 Å². The SMILES string of the molecule is Cc1ccc2oc(C(=O)N[C@@H]3CC(Cn4ccnc4)C[C@H]3O)cc2c1. The Morgan fingerprint density at radius 3 is 3.08 bits per heavy atom. The van der Waals surface area contributed by atoms with Gasteiger partial charge in [0.15, 0.2) is 5.76 Å². The average Bonchev–Trinajstić information content (AvgIpc) is 3.28. The summed E-state index contributed by atoms with van der Waals surface area (Å²) < 4.78 is 7.64. The van der Waals surface area contributed by atoms with Crippen LogP contribution in [0.1, 0.15) is 29.0 Å². The second kappa shape index (κ2) is 6.37. The molecule has 2 N–H and O–H groups in total. The van der Waals surface area contributed by atoms with E-state index in [1.54, 1.807) is 18.6 Å². The van der Waals surface area contributed by atoms with Gasteiger partial charge in [0.05, 0.1) is 18.5 Å². The third-order valence-corrected chi connectivity index (χ3v) is 4.87. The van der Waals surface area contributed by atoms with E-state index in [1.807, 2.05) is 35.9 Å². The van der Waals surface area contributed by atoms with Crippen LogP contribution in [-0.4, -0.2) is 32.7 Å². The van der Waals surface area contributed by atoms with Crippen LogP contribution in [0, 0.1) is 12.8 Å². The number of carbonyl (C=O) groups is 1. The van der Waals surface area contributed by atoms with Crippen LogP contribution in [0.15, 0.2) is 47.4 Å². The maximum atomic E-state index is 12.5. The van der Waals surface area contributed by atoms with Gasteiger partial charge in [-0.1, -0.05) is 11.6 Å². The lowest BCUT2D eigenvalue weighted by Gasteiger charge is -2.15. The fourth-order valence-electron chi connectivity index (χ4n) is 3.63. The highest BCUT2D eigenvalue weighted by atomic mass is 16.3. The first-order valence-electron chi connectivity index (χ1n) is 8.53. The van der Waals surface area contributed by atoms with Gasteiger partial charge in [-0.25, -0.2) is 4.98 Å². The number of nitrogens with zero attached hydrogens (tertiary/aromatic N) is 2. The van der Waals surface area contributed by atoms with E-state index in [0.29, 0.717) is 17.9 Å². The quantitative estimate of drug-likeness (QED) is 0.765. The molecule has 25 heavy (non-hydrogen) atoms. The molecule has 3 atom stereocenters. The molecule has 0 radical (unpaired) electrons. The molecular formula is C19H21N3O3. The molecule has 1 aromatic carbocycles. The number of hydrogen-bond donors (Lipinski definition) is 2. The van der Waals surface area contributed by atoms with Crippen molar-refractivity contribution in [3.8, 4) is 0 Å². The molecule has 1 amide bonds. The molecule has 1 fully saturated rings. The Bertz CT molecular complexity index is 885. The van der Waals surface area contributed by atoms with E-state index in [-0.39, 0.29) is 17.7 Å². The van der Waals surface area contributed by atoms with Crippen LogP contribution < -0.4 is 5.32 Å². The lowest BCUT2D eigenvalue weighted by molar-refractivity contribution is 0.0848. The average molecular weight is 339 g/mol. The first-order valence-corrected chi connectivity index (χ1v) is 8.53. The predicted molar refractivity (Wildman–Crippen MR) is 93.2 cm³/mol. The Kier molecular flexibility index (Phi) is 4.05. The standard InChI is InChI=1S/C19H21N3O3/c1-12-2-3-17-14(6-12)9-18(25-17)19(24)21-15-7-13(8-16(15)23)10-22-5-4-20-11-22/h2-6,9,11,13,15-16,23H,7-8,10H2,1H3,(H,21,24)/t13?,15-,16-/m1/s1. The van der Waals surface area contributed by atoms with Crippen LogP contribution in [0.3, 0.4) is 0 Å². The topological polar surface area (TPSA) is 80.3 Å². The van der Waals surface area contributed by atoms with Crippen LogP contribution in [0.2, 0.25) is 0 Å². The summed E-state index contributed by atoms with van der Waals surface area (Å²) in [6.45, 7) is 2.80. The molecule has 1 unspecified atom stereocenters. The number of nitrogens with one attached hydrogen (secondary N) is 1. The smallest absolute Gasteiger partial charge is 0.287 e. The van der Waals surface area contributed by atoms with Crippen molar-refractivity contribution in [1.82, 2.24) is 14.9 Å². The zero-order chi connectivity index (χ0) is 17.4. The highest BCUT2D eigenvalue weighted by molar-refractivity contribution is 5.96. The summed E-state index contributed by atoms with van der Waals surface area (Å²) in [4.78, 5) is 16.5. The lowest BCUT2D eigenvalue weighted by Crippen LogP contribution is -2.39. The van der Waals surface area contributed by atoms with Crippen molar-refractivity contribution < 1.29 is 14.3 Å². The Labute approximate surface area is 145 Å². The summed E-state index contributed by atoms with van der Waals surface area (Å²) in [7, 11) is 0. The predicted octanol–water partition coefficient (Wildman–Crippen LogP) is 2.51. The molecule has 6 nitrogen and oxygen atoms in total. The molecule has 130 valence electrons. The van der Waals surface area contributed by atoms with Crippen LogP contribution in [0.5, 0.6) is 0 Å². The number of amides is 1. The van der Waals surface area contributed by atoms with Gasteiger partial charge in [0.2, 0.25) is 0 Å². The van der Waals surface area contributed by atoms with E-state index in [9.17, 15) is 9.90 Å². The summed E-state index contributed by atoms with van der Waals surface area (Å²) in [5, 5.41) is 14.1. The molecule has 3 aromatic rings. The normalized spacial score (nSPS) is 23.2. The minimum atomic E-state index is -0.538. The van der Waals surface area contributed by atoms with Gasteiger partial charge in [-0.05, 0) is 43.9 Å². The number of carbonyl (C=O) groups excluding carboxylic acids is 1. The molecule has 1 aliphatic carbocycles. The third-order valence-electron chi connectivity index (χ3n) is 4.87. The molecule has 1 aliphatic rings. The second-order valence-electron chi connectivity index (χ2n) is 6.90. The lowest BCUT2D eigenvalue weighted by atomic mass is 10.1. The van der Waals surface area contributed by atoms with Crippen molar-refractivity contribution in [2.45, 2.75) is 38.5 Å². The molecule has 2 aromatic heterocycles. The highest BCUT2D eigenvalue weighted by Gasteiger charge is 2.34. The van der Waals surface area contributed by atoms with Crippen LogP contribution >= 0.6 is 0 Å². The Hall–Kier alpha value is -2.60. The van der Waals surface area contributed by atoms with Gasteiger partial charge < -0.3 is 19.4 Å². The van der Waals surface area contributed by atoms with Gasteiger partial charge in [0.25, 0.3) is 5.91 Å². The van der Waals surface area contributed by atoms with Gasteiger partial charge in [0.1, 0.15) is 5.58 Å². The van der Waals surface area contributed by atoms with Crippen molar-refractivity contribution in [2.24, 2.45) is 5.92 Å². The fourth-order valence-corrected chi connectivity index (χ4v) is 3.63. The number of fused-ring (bicyclic) bond motifs is 1. The van der Waals surface area contributed by atoms with Gasteiger partial charge in [-0.2, -0.15) is 0 Å². The van der Waals surface area contributed by atoms with E-state index in [0.717, 1.165) is 23.9 Å². The number of imidazole rings is 1. The number of aliphatic hydroxyl groups is 1. The van der Waals surface area contributed by atoms with Gasteiger partial charge in [-0.3, -0.25) is 4.79 Å². The summed E-state index contributed by atoms with van der Waals surface area (Å²) in [6, 6.07) is 7.31. The maximum Gasteiger partial charge on any atom is 0.287 e. The number of rotatable bonds is 4. The third kappa shape index (κ3) is 3.30. The Morgan fingerprint density at radius 1 is 1.40 bits per heavy atom. The van der Waals surface area contributed by atoms with Crippen LogP contribution in [0.25, 0.3) is 11.0 Å². The maximum absolute atomic E-state index is 12.5. The summed E-state index contributed by atoms with van der Waals surface area (Å²) in [5.74, 6) is 0.319. The number of aliphatic hydroxyl groups excluding tert-OH is 1. The number of hydrogen-bond acceptors (Lipinski definition) is 4. The first-order chi connectivity index (χ1) is 12.1. The highest BCUT2D eigenvalue weighted by Crippen LogP contribution is 2.28. The zero-order valence-electron chi connectivity index (χ0n) is 14.1. The van der Waals surface area contributed by atoms with Crippen molar-refractivity contribution in [3.63, 3.8) is 0 Å². The van der Waals surface area contributed by atoms with Gasteiger partial charge in [-0.15, -0.1) is 0 Å². The molecule has 0 saturated heterocycles. The zero-order valence-corrected chi connectivity index (χ0v) is 14.1. The summed E-state index contributed by atoms with van der Waals surface area (Å²) >= 11 is 0. The molecule has 2 heterocycles.